The molecule has 1 aromatic carbocycles. The Morgan fingerprint density at radius 3 is 2.79 bits per heavy atom. The van der Waals surface area contributed by atoms with Gasteiger partial charge < -0.3 is 10.1 Å². The highest BCUT2D eigenvalue weighted by molar-refractivity contribution is 5.61. The molecule has 4 heteroatoms. The van der Waals surface area contributed by atoms with Crippen LogP contribution in [0, 0.1) is 0 Å². The van der Waals surface area contributed by atoms with Crippen LogP contribution in [0.3, 0.4) is 0 Å². The van der Waals surface area contributed by atoms with Crippen LogP contribution in [0.5, 0.6) is 0 Å². The standard InChI is InChI=1S/C20H23N3O/c1-13-7-9-20(24-13)10-8-16-15(11-20)18-17(22-16)12-21-19(23-18)14-5-3-2-4-6-14/h2-6,12-13,15-16,22H,7-11H2,1H3. The first-order valence-corrected chi connectivity index (χ1v) is 9.09. The van der Waals surface area contributed by atoms with Gasteiger partial charge >= 0.3 is 0 Å². The molecule has 4 atom stereocenters. The smallest absolute Gasteiger partial charge is 0.159 e. The van der Waals surface area contributed by atoms with E-state index in [4.69, 9.17) is 9.72 Å². The molecule has 1 N–H and O–H groups in total. The second-order valence-electron chi connectivity index (χ2n) is 7.61. The number of ether oxygens (including phenoxy) is 1. The van der Waals surface area contributed by atoms with Crippen molar-refractivity contribution in [1.82, 2.24) is 9.97 Å². The van der Waals surface area contributed by atoms with Gasteiger partial charge in [0.2, 0.25) is 0 Å². The van der Waals surface area contributed by atoms with E-state index in [9.17, 15) is 0 Å². The van der Waals surface area contributed by atoms with E-state index in [2.05, 4.69) is 29.4 Å². The molecule has 1 aliphatic carbocycles. The molecule has 3 heterocycles. The van der Waals surface area contributed by atoms with Gasteiger partial charge in [-0.15, -0.1) is 0 Å². The van der Waals surface area contributed by atoms with Gasteiger partial charge in [-0.05, 0) is 39.0 Å². The molecule has 1 saturated heterocycles. The number of benzene rings is 1. The maximum Gasteiger partial charge on any atom is 0.159 e. The molecule has 1 spiro atoms. The number of anilines is 1. The zero-order valence-electron chi connectivity index (χ0n) is 14.0. The Bertz CT molecular complexity index is 763. The fourth-order valence-electron chi connectivity index (χ4n) is 4.78. The van der Waals surface area contributed by atoms with Crippen molar-refractivity contribution in [2.45, 2.75) is 62.7 Å². The minimum Gasteiger partial charge on any atom is -0.379 e. The van der Waals surface area contributed by atoms with Crippen LogP contribution in [-0.2, 0) is 4.74 Å². The zero-order chi connectivity index (χ0) is 16.1. The lowest BCUT2D eigenvalue weighted by Gasteiger charge is -2.39. The van der Waals surface area contributed by atoms with Gasteiger partial charge in [0.05, 0.1) is 29.3 Å². The minimum absolute atomic E-state index is 0.0851. The molecule has 0 radical (unpaired) electrons. The topological polar surface area (TPSA) is 47.0 Å². The van der Waals surface area contributed by atoms with E-state index < -0.39 is 0 Å². The Hall–Kier alpha value is -1.94. The van der Waals surface area contributed by atoms with Crippen molar-refractivity contribution in [3.8, 4) is 11.4 Å². The Labute approximate surface area is 142 Å². The van der Waals surface area contributed by atoms with E-state index >= 15 is 0 Å². The lowest BCUT2D eigenvalue weighted by Crippen LogP contribution is -2.40. The van der Waals surface area contributed by atoms with Gasteiger partial charge in [-0.25, -0.2) is 9.97 Å². The number of rotatable bonds is 1. The average Bonchev–Trinajstić information content (AvgIpc) is 3.16. The van der Waals surface area contributed by atoms with Gasteiger partial charge in [-0.3, -0.25) is 0 Å². The quantitative estimate of drug-likeness (QED) is 0.857. The maximum absolute atomic E-state index is 6.36. The molecule has 0 bridgehead atoms. The van der Waals surface area contributed by atoms with Crippen LogP contribution < -0.4 is 5.32 Å². The van der Waals surface area contributed by atoms with Crippen molar-refractivity contribution in [3.63, 3.8) is 0 Å². The summed E-state index contributed by atoms with van der Waals surface area (Å²) >= 11 is 0. The number of aromatic nitrogens is 2. The number of nitrogens with one attached hydrogen (secondary N) is 1. The van der Waals surface area contributed by atoms with E-state index in [1.165, 1.54) is 25.0 Å². The molecule has 3 aliphatic rings. The van der Waals surface area contributed by atoms with Crippen molar-refractivity contribution in [1.29, 1.82) is 0 Å². The van der Waals surface area contributed by atoms with Gasteiger partial charge in [0.25, 0.3) is 0 Å². The molecule has 2 aromatic rings. The largest absolute Gasteiger partial charge is 0.379 e. The summed E-state index contributed by atoms with van der Waals surface area (Å²) in [5, 5.41) is 3.65. The first-order chi connectivity index (χ1) is 11.7. The summed E-state index contributed by atoms with van der Waals surface area (Å²) < 4.78 is 6.36. The van der Waals surface area contributed by atoms with Crippen molar-refractivity contribution in [3.05, 3.63) is 42.2 Å². The molecule has 124 valence electrons. The third-order valence-electron chi connectivity index (χ3n) is 5.99. The van der Waals surface area contributed by atoms with Gasteiger partial charge in [0.1, 0.15) is 0 Å². The van der Waals surface area contributed by atoms with Crippen LogP contribution in [0.4, 0.5) is 5.69 Å². The first kappa shape index (κ1) is 14.4. The van der Waals surface area contributed by atoms with Crippen LogP contribution in [-0.4, -0.2) is 27.7 Å². The van der Waals surface area contributed by atoms with E-state index in [1.54, 1.807) is 0 Å². The first-order valence-electron chi connectivity index (χ1n) is 9.09. The molecular weight excluding hydrogens is 298 g/mol. The molecule has 5 rings (SSSR count). The highest BCUT2D eigenvalue weighted by atomic mass is 16.5. The summed E-state index contributed by atoms with van der Waals surface area (Å²) in [5.41, 5.74) is 3.48. The average molecular weight is 321 g/mol. The number of hydrogen-bond donors (Lipinski definition) is 1. The van der Waals surface area contributed by atoms with Gasteiger partial charge in [-0.1, -0.05) is 30.3 Å². The van der Waals surface area contributed by atoms with E-state index in [-0.39, 0.29) is 5.60 Å². The third-order valence-corrected chi connectivity index (χ3v) is 5.99. The highest BCUT2D eigenvalue weighted by Gasteiger charge is 2.49. The van der Waals surface area contributed by atoms with Crippen LogP contribution in [0.25, 0.3) is 11.4 Å². The van der Waals surface area contributed by atoms with E-state index in [1.807, 2.05) is 24.4 Å². The normalized spacial score (nSPS) is 34.0. The van der Waals surface area contributed by atoms with E-state index in [0.29, 0.717) is 18.1 Å². The third kappa shape index (κ3) is 2.24. The molecule has 24 heavy (non-hydrogen) atoms. The fraction of sp³-hybridized carbons (Fsp3) is 0.500. The number of fused-ring (bicyclic) bond motifs is 3. The lowest BCUT2D eigenvalue weighted by molar-refractivity contribution is -0.0631. The Morgan fingerprint density at radius 2 is 2.00 bits per heavy atom. The van der Waals surface area contributed by atoms with Crippen LogP contribution in [0.15, 0.2) is 36.5 Å². The summed E-state index contributed by atoms with van der Waals surface area (Å²) in [7, 11) is 0. The van der Waals surface area contributed by atoms with Crippen molar-refractivity contribution in [2.75, 3.05) is 5.32 Å². The molecule has 0 amide bonds. The van der Waals surface area contributed by atoms with Crippen LogP contribution >= 0.6 is 0 Å². The predicted molar refractivity (Wildman–Crippen MR) is 94.0 cm³/mol. The highest BCUT2D eigenvalue weighted by Crippen LogP contribution is 2.51. The number of hydrogen-bond acceptors (Lipinski definition) is 4. The van der Waals surface area contributed by atoms with Gasteiger partial charge in [-0.2, -0.15) is 0 Å². The Balaban J connectivity index is 1.49. The molecule has 4 nitrogen and oxygen atoms in total. The predicted octanol–water partition coefficient (Wildman–Crippen LogP) is 4.14. The van der Waals surface area contributed by atoms with Crippen molar-refractivity contribution < 1.29 is 4.74 Å². The van der Waals surface area contributed by atoms with E-state index in [0.717, 1.165) is 29.9 Å². The Kier molecular flexibility index (Phi) is 3.17. The summed E-state index contributed by atoms with van der Waals surface area (Å²) in [6.45, 7) is 2.21. The second kappa shape index (κ2) is 5.28. The second-order valence-corrected chi connectivity index (χ2v) is 7.61. The van der Waals surface area contributed by atoms with Crippen LogP contribution in [0.2, 0.25) is 0 Å². The molecule has 1 saturated carbocycles. The molecule has 4 unspecified atom stereocenters. The minimum atomic E-state index is 0.0851. The van der Waals surface area contributed by atoms with Gasteiger partial charge in [0.15, 0.2) is 5.82 Å². The lowest BCUT2D eigenvalue weighted by atomic mass is 9.74. The Morgan fingerprint density at radius 1 is 1.17 bits per heavy atom. The molecule has 2 fully saturated rings. The maximum atomic E-state index is 6.36. The summed E-state index contributed by atoms with van der Waals surface area (Å²) in [6.07, 6.45) is 8.18. The monoisotopic (exact) mass is 321 g/mol. The zero-order valence-corrected chi connectivity index (χ0v) is 14.0. The summed E-state index contributed by atoms with van der Waals surface area (Å²) in [6, 6.07) is 10.7. The van der Waals surface area contributed by atoms with Crippen molar-refractivity contribution >= 4 is 5.69 Å². The number of nitrogens with zero attached hydrogens (tertiary/aromatic N) is 2. The summed E-state index contributed by atoms with van der Waals surface area (Å²) in [4.78, 5) is 9.53. The van der Waals surface area contributed by atoms with Crippen LogP contribution in [0.1, 0.15) is 50.6 Å². The molecule has 2 aliphatic heterocycles. The van der Waals surface area contributed by atoms with Crippen molar-refractivity contribution in [2.24, 2.45) is 0 Å². The summed E-state index contributed by atoms with van der Waals surface area (Å²) in [5.74, 6) is 1.28. The SMILES string of the molecule is CC1CCC2(CCC3Nc4cnc(-c5ccccc5)nc4C3C2)O1. The fourth-order valence-corrected chi connectivity index (χ4v) is 4.78. The molecule has 1 aromatic heterocycles. The van der Waals surface area contributed by atoms with Gasteiger partial charge in [0, 0.05) is 17.5 Å². The molecular formula is C20H23N3O.